The molecule has 0 aromatic heterocycles. The van der Waals surface area contributed by atoms with Gasteiger partial charge in [0, 0.05) is 6.42 Å². The van der Waals surface area contributed by atoms with E-state index in [1.807, 2.05) is 27.2 Å². The first-order valence-electron chi connectivity index (χ1n) is 35.2. The summed E-state index contributed by atoms with van der Waals surface area (Å²) in [4.78, 5) is 25.6. The third-order valence-electron chi connectivity index (χ3n) is 15.9. The minimum Gasteiger partial charge on any atom is -0.756 e. The van der Waals surface area contributed by atoms with Crippen LogP contribution in [0.15, 0.2) is 60.8 Å². The normalized spacial score (nSPS) is 14.0. The summed E-state index contributed by atoms with van der Waals surface area (Å²) in [5, 5.41) is 13.9. The van der Waals surface area contributed by atoms with Gasteiger partial charge in [0.05, 0.1) is 39.9 Å². The molecule has 8 nitrogen and oxygen atoms in total. The molecule has 0 aliphatic carbocycles. The first-order valence-corrected chi connectivity index (χ1v) is 36.6. The van der Waals surface area contributed by atoms with Crippen molar-refractivity contribution in [2.75, 3.05) is 40.9 Å². The highest BCUT2D eigenvalue weighted by atomic mass is 31.2. The number of rotatable bonds is 65. The third kappa shape index (κ3) is 65.6. The molecule has 0 heterocycles. The second kappa shape index (κ2) is 62.7. The fourth-order valence-corrected chi connectivity index (χ4v) is 11.2. The van der Waals surface area contributed by atoms with Crippen molar-refractivity contribution in [1.29, 1.82) is 0 Å². The van der Waals surface area contributed by atoms with Gasteiger partial charge in [0.2, 0.25) is 5.91 Å². The van der Waals surface area contributed by atoms with Gasteiger partial charge in [0.25, 0.3) is 7.82 Å². The maximum Gasteiger partial charge on any atom is 0.268 e. The summed E-state index contributed by atoms with van der Waals surface area (Å²) in [6, 6.07) is -0.906. The van der Waals surface area contributed by atoms with Crippen molar-refractivity contribution in [3.8, 4) is 0 Å². The number of unbranched alkanes of at least 4 members (excludes halogenated alkanes) is 44. The maximum absolute atomic E-state index is 13.0. The topological polar surface area (TPSA) is 108 Å². The Kier molecular flexibility index (Phi) is 61.3. The molecule has 476 valence electrons. The fourth-order valence-electron chi connectivity index (χ4n) is 10.5. The molecule has 0 saturated heterocycles. The molecule has 0 aromatic carbocycles. The number of hydrogen-bond acceptors (Lipinski definition) is 6. The minimum atomic E-state index is -4.61. The van der Waals surface area contributed by atoms with Crippen LogP contribution in [-0.4, -0.2) is 68.5 Å². The molecule has 0 rings (SSSR count). The monoisotopic (exact) mass is 1160 g/mol. The predicted molar refractivity (Wildman–Crippen MR) is 353 cm³/mol. The van der Waals surface area contributed by atoms with E-state index >= 15 is 0 Å². The number of phosphoric acid groups is 1. The number of allylic oxidation sites excluding steroid dienone is 9. The molecular formula is C72H137N2O6P. The Hall–Kier alpha value is -1.80. The Balaban J connectivity index is 4.08. The van der Waals surface area contributed by atoms with Crippen LogP contribution in [0.3, 0.4) is 0 Å². The highest BCUT2D eigenvalue weighted by molar-refractivity contribution is 7.45. The number of likely N-dealkylation sites (N-methyl/N-ethyl adjacent to an activating group) is 1. The van der Waals surface area contributed by atoms with E-state index in [0.29, 0.717) is 17.4 Å². The number of carbonyl (C=O) groups excluding carboxylic acids is 1. The molecule has 0 radical (unpaired) electrons. The van der Waals surface area contributed by atoms with Gasteiger partial charge < -0.3 is 28.8 Å². The summed E-state index contributed by atoms with van der Waals surface area (Å²) in [6.07, 6.45) is 86.3. The quantitative estimate of drug-likeness (QED) is 0.0272. The smallest absolute Gasteiger partial charge is 0.268 e. The first kappa shape index (κ1) is 79.2. The Morgan fingerprint density at radius 3 is 1.09 bits per heavy atom. The van der Waals surface area contributed by atoms with E-state index < -0.39 is 26.6 Å². The third-order valence-corrected chi connectivity index (χ3v) is 16.9. The Morgan fingerprint density at radius 1 is 0.432 bits per heavy atom. The lowest BCUT2D eigenvalue weighted by molar-refractivity contribution is -0.870. The average molecular weight is 1160 g/mol. The van der Waals surface area contributed by atoms with Crippen LogP contribution in [0.1, 0.15) is 341 Å². The van der Waals surface area contributed by atoms with Gasteiger partial charge in [-0.1, -0.05) is 325 Å². The fraction of sp³-hybridized carbons (Fsp3) is 0.847. The standard InChI is InChI=1S/C72H137N2O6P/c1-6-8-10-12-14-16-18-20-22-24-26-28-30-32-34-35-36-37-38-39-40-42-44-46-48-50-52-54-56-58-60-62-64-66-72(76)73-70(69-80-81(77,78)79-68-67-74(3,4)5)71(75)65-63-61-59-57-55-53-51-49-47-45-43-41-33-31-29-27-25-23-21-19-17-15-13-11-9-7-2/h18,20,24,26,30,32,55,57,63,65,70-71,75H,6-17,19,21-23,25,27-29,31,33-54,56,58-62,64,66-69H2,1-5H3,(H-,73,76,77,78)/b20-18-,26-24-,32-30-,57-55+,65-63+. The largest absolute Gasteiger partial charge is 0.756 e. The summed E-state index contributed by atoms with van der Waals surface area (Å²) in [5.74, 6) is -0.203. The molecule has 1 amide bonds. The number of aliphatic hydroxyl groups excluding tert-OH is 1. The Bertz CT molecular complexity index is 1500. The zero-order chi connectivity index (χ0) is 59.1. The van der Waals surface area contributed by atoms with Crippen LogP contribution >= 0.6 is 7.82 Å². The molecule has 0 aliphatic heterocycles. The van der Waals surface area contributed by atoms with Crippen molar-refractivity contribution in [2.24, 2.45) is 0 Å². The lowest BCUT2D eigenvalue weighted by Crippen LogP contribution is -2.45. The molecule has 9 heteroatoms. The highest BCUT2D eigenvalue weighted by Crippen LogP contribution is 2.38. The van der Waals surface area contributed by atoms with Gasteiger partial charge >= 0.3 is 0 Å². The lowest BCUT2D eigenvalue weighted by Gasteiger charge is -2.29. The number of aliphatic hydroxyl groups is 1. The number of amides is 1. The highest BCUT2D eigenvalue weighted by Gasteiger charge is 2.23. The molecule has 0 spiro atoms. The van der Waals surface area contributed by atoms with Crippen LogP contribution in [0.25, 0.3) is 0 Å². The minimum absolute atomic E-state index is 0.00627. The summed E-state index contributed by atoms with van der Waals surface area (Å²) in [7, 11) is 1.25. The van der Waals surface area contributed by atoms with Gasteiger partial charge in [0.15, 0.2) is 0 Å². The van der Waals surface area contributed by atoms with E-state index in [9.17, 15) is 19.4 Å². The molecule has 81 heavy (non-hydrogen) atoms. The van der Waals surface area contributed by atoms with Crippen LogP contribution in [-0.2, 0) is 18.4 Å². The Morgan fingerprint density at radius 2 is 0.728 bits per heavy atom. The number of nitrogens with one attached hydrogen (secondary N) is 1. The van der Waals surface area contributed by atoms with Gasteiger partial charge in [-0.05, 0) is 70.6 Å². The van der Waals surface area contributed by atoms with Crippen molar-refractivity contribution in [3.63, 3.8) is 0 Å². The molecule has 0 aliphatic rings. The van der Waals surface area contributed by atoms with E-state index in [4.69, 9.17) is 9.05 Å². The van der Waals surface area contributed by atoms with Crippen molar-refractivity contribution in [2.45, 2.75) is 353 Å². The van der Waals surface area contributed by atoms with Gasteiger partial charge in [-0.25, -0.2) is 0 Å². The van der Waals surface area contributed by atoms with Crippen LogP contribution in [0.4, 0.5) is 0 Å². The van der Waals surface area contributed by atoms with Crippen molar-refractivity contribution in [3.05, 3.63) is 60.8 Å². The zero-order valence-electron chi connectivity index (χ0n) is 54.5. The van der Waals surface area contributed by atoms with Crippen molar-refractivity contribution in [1.82, 2.24) is 5.32 Å². The predicted octanol–water partition coefficient (Wildman–Crippen LogP) is 21.8. The van der Waals surface area contributed by atoms with Gasteiger partial charge in [-0.3, -0.25) is 9.36 Å². The lowest BCUT2D eigenvalue weighted by atomic mass is 10.0. The number of nitrogens with zero attached hydrogens (tertiary/aromatic N) is 1. The molecule has 0 saturated carbocycles. The average Bonchev–Trinajstić information content (AvgIpc) is 3.43. The molecule has 3 atom stereocenters. The van der Waals surface area contributed by atoms with E-state index in [1.54, 1.807) is 6.08 Å². The van der Waals surface area contributed by atoms with Crippen LogP contribution in [0.2, 0.25) is 0 Å². The van der Waals surface area contributed by atoms with Crippen LogP contribution in [0.5, 0.6) is 0 Å². The second-order valence-electron chi connectivity index (χ2n) is 25.2. The Labute approximate surface area is 504 Å². The summed E-state index contributed by atoms with van der Waals surface area (Å²) < 4.78 is 23.4. The second-order valence-corrected chi connectivity index (χ2v) is 26.6. The number of carbonyl (C=O) groups is 1. The summed E-state index contributed by atoms with van der Waals surface area (Å²) in [6.45, 7) is 4.66. The zero-order valence-corrected chi connectivity index (χ0v) is 55.4. The first-order chi connectivity index (χ1) is 39.5. The van der Waals surface area contributed by atoms with Crippen molar-refractivity contribution < 1.29 is 32.9 Å². The van der Waals surface area contributed by atoms with E-state index in [1.165, 1.54) is 270 Å². The van der Waals surface area contributed by atoms with E-state index in [-0.39, 0.29) is 12.5 Å². The van der Waals surface area contributed by atoms with E-state index in [0.717, 1.165) is 51.4 Å². The van der Waals surface area contributed by atoms with Gasteiger partial charge in [-0.15, -0.1) is 0 Å². The molecule has 0 fully saturated rings. The van der Waals surface area contributed by atoms with Gasteiger partial charge in [-0.2, -0.15) is 0 Å². The summed E-state index contributed by atoms with van der Waals surface area (Å²) >= 11 is 0. The molecule has 3 unspecified atom stereocenters. The molecule has 2 N–H and O–H groups in total. The number of phosphoric ester groups is 1. The van der Waals surface area contributed by atoms with Crippen molar-refractivity contribution >= 4 is 13.7 Å². The number of quaternary nitrogens is 1. The SMILES string of the molecule is CCCCCCC/C=C\C/C=C\C/C=C\CCCCCCCCCCCCCCCCCCCCC(=O)NC(COP(=O)([O-])OCC[N+](C)(C)C)C(O)/C=C/CC/C=C/CCCCCCCCCCCCCCCCCCCCCC. The maximum atomic E-state index is 13.0. The molecule has 0 aromatic rings. The van der Waals surface area contributed by atoms with Crippen LogP contribution in [0, 0.1) is 0 Å². The van der Waals surface area contributed by atoms with E-state index in [2.05, 4.69) is 67.8 Å². The molecule has 0 bridgehead atoms. The summed E-state index contributed by atoms with van der Waals surface area (Å²) in [5.41, 5.74) is 0. The van der Waals surface area contributed by atoms with Gasteiger partial charge in [0.1, 0.15) is 13.2 Å². The molecular weight excluding hydrogens is 1020 g/mol. The number of hydrogen-bond donors (Lipinski definition) is 2. The van der Waals surface area contributed by atoms with Crippen LogP contribution < -0.4 is 10.2 Å².